The molecule has 1 aromatic carbocycles. The van der Waals surface area contributed by atoms with E-state index >= 15 is 0 Å². The van der Waals surface area contributed by atoms with Crippen molar-refractivity contribution in [3.8, 4) is 0 Å². The molecule has 0 saturated carbocycles. The van der Waals surface area contributed by atoms with E-state index in [1.54, 1.807) is 30.3 Å². The van der Waals surface area contributed by atoms with E-state index in [4.69, 9.17) is 14.2 Å². The van der Waals surface area contributed by atoms with Gasteiger partial charge in [0.2, 0.25) is 5.78 Å². The molecule has 2 atom stereocenters. The van der Waals surface area contributed by atoms with Crippen LogP contribution in [0.3, 0.4) is 0 Å². The van der Waals surface area contributed by atoms with Crippen molar-refractivity contribution in [3.63, 3.8) is 0 Å². The Balaban J connectivity index is 2.22. The largest absolute Gasteiger partial charge is 0.466 e. The third kappa shape index (κ3) is 3.79. The summed E-state index contributed by atoms with van der Waals surface area (Å²) in [5, 5.41) is 0. The van der Waals surface area contributed by atoms with Gasteiger partial charge in [0.1, 0.15) is 0 Å². The summed E-state index contributed by atoms with van der Waals surface area (Å²) < 4.78 is 15.0. The minimum atomic E-state index is -1.99. The number of hydrogen-bond acceptors (Lipinski definition) is 7. The first-order chi connectivity index (χ1) is 11.3. The van der Waals surface area contributed by atoms with Gasteiger partial charge in [-0.25, -0.2) is 4.79 Å². The van der Waals surface area contributed by atoms with Crippen LogP contribution in [0.25, 0.3) is 0 Å². The van der Waals surface area contributed by atoms with Gasteiger partial charge in [-0.1, -0.05) is 30.3 Å². The first-order valence-electron chi connectivity index (χ1n) is 7.47. The number of esters is 3. The first kappa shape index (κ1) is 17.7. The lowest BCUT2D eigenvalue weighted by molar-refractivity contribution is -0.173. The molecule has 0 N–H and O–H groups in total. The fourth-order valence-electron chi connectivity index (χ4n) is 2.55. The molecule has 1 aromatic rings. The van der Waals surface area contributed by atoms with Crippen LogP contribution in [0.1, 0.15) is 25.8 Å². The van der Waals surface area contributed by atoms with Crippen molar-refractivity contribution in [1.82, 2.24) is 0 Å². The van der Waals surface area contributed by atoms with Crippen molar-refractivity contribution in [1.29, 1.82) is 0 Å². The van der Waals surface area contributed by atoms with E-state index in [9.17, 15) is 19.2 Å². The van der Waals surface area contributed by atoms with Crippen molar-refractivity contribution in [2.75, 3.05) is 6.61 Å². The topological polar surface area (TPSA) is 96.0 Å². The molecule has 128 valence electrons. The third-order valence-electron chi connectivity index (χ3n) is 3.57. The Bertz CT molecular complexity index is 652. The SMILES string of the molecule is CC(=O)OCC[C@H]1OC(=O)[C@](Cc2ccccc2)(OC(C)=O)C1=O. The molecule has 0 amide bonds. The van der Waals surface area contributed by atoms with Crippen LogP contribution in [0.2, 0.25) is 0 Å². The Hall–Kier alpha value is -2.70. The van der Waals surface area contributed by atoms with E-state index in [-0.39, 0.29) is 19.4 Å². The Morgan fingerprint density at radius 2 is 1.79 bits per heavy atom. The zero-order chi connectivity index (χ0) is 17.7. The maximum absolute atomic E-state index is 12.7. The Morgan fingerprint density at radius 3 is 2.38 bits per heavy atom. The van der Waals surface area contributed by atoms with Crippen molar-refractivity contribution in [2.24, 2.45) is 0 Å². The lowest BCUT2D eigenvalue weighted by atomic mass is 9.89. The summed E-state index contributed by atoms with van der Waals surface area (Å²) in [5.41, 5.74) is -1.33. The minimum absolute atomic E-state index is 0.0158. The van der Waals surface area contributed by atoms with E-state index < -0.39 is 35.4 Å². The maximum Gasteiger partial charge on any atom is 0.359 e. The molecule has 0 bridgehead atoms. The van der Waals surface area contributed by atoms with Crippen LogP contribution in [-0.4, -0.2) is 42.0 Å². The van der Waals surface area contributed by atoms with E-state index in [1.807, 2.05) is 0 Å². The van der Waals surface area contributed by atoms with Crippen LogP contribution >= 0.6 is 0 Å². The van der Waals surface area contributed by atoms with Crippen molar-refractivity contribution < 1.29 is 33.4 Å². The molecule has 7 heteroatoms. The quantitative estimate of drug-likeness (QED) is 0.434. The summed E-state index contributed by atoms with van der Waals surface area (Å²) in [4.78, 5) is 47.3. The second-order valence-corrected chi connectivity index (χ2v) is 5.47. The molecular formula is C17H18O7. The number of ketones is 1. The fraction of sp³-hybridized carbons (Fsp3) is 0.412. The summed E-state index contributed by atoms with van der Waals surface area (Å²) in [6.45, 7) is 2.29. The monoisotopic (exact) mass is 334 g/mol. The number of carbonyl (C=O) groups is 4. The Kier molecular flexibility index (Phi) is 5.33. The molecule has 0 aromatic heterocycles. The van der Waals surface area contributed by atoms with Crippen LogP contribution in [-0.2, 0) is 39.8 Å². The Morgan fingerprint density at radius 1 is 1.12 bits per heavy atom. The molecule has 1 aliphatic heterocycles. The van der Waals surface area contributed by atoms with Gasteiger partial charge >= 0.3 is 17.9 Å². The van der Waals surface area contributed by atoms with Gasteiger partial charge < -0.3 is 14.2 Å². The molecule has 0 aliphatic carbocycles. The van der Waals surface area contributed by atoms with Crippen LogP contribution in [0.15, 0.2) is 30.3 Å². The second kappa shape index (κ2) is 7.25. The summed E-state index contributed by atoms with van der Waals surface area (Å²) in [7, 11) is 0. The minimum Gasteiger partial charge on any atom is -0.466 e. The highest BCUT2D eigenvalue weighted by Gasteiger charge is 2.60. The molecular weight excluding hydrogens is 316 g/mol. The lowest BCUT2D eigenvalue weighted by Gasteiger charge is -2.23. The normalized spacial score (nSPS) is 22.8. The van der Waals surface area contributed by atoms with Crippen LogP contribution in [0, 0.1) is 0 Å². The summed E-state index contributed by atoms with van der Waals surface area (Å²) in [5.74, 6) is -2.79. The molecule has 7 nitrogen and oxygen atoms in total. The lowest BCUT2D eigenvalue weighted by Crippen LogP contribution is -2.48. The van der Waals surface area contributed by atoms with Gasteiger partial charge in [0, 0.05) is 26.7 Å². The van der Waals surface area contributed by atoms with Gasteiger partial charge in [-0.05, 0) is 5.56 Å². The van der Waals surface area contributed by atoms with E-state index in [0.717, 1.165) is 6.92 Å². The standard InChI is InChI=1S/C17H18O7/c1-11(18)22-9-8-14-15(20)17(16(21)23-14,24-12(2)19)10-13-6-4-3-5-7-13/h3-7,14H,8-10H2,1-2H3/t14-,17-/m1/s1. The van der Waals surface area contributed by atoms with Gasteiger partial charge in [0.25, 0.3) is 5.60 Å². The number of benzene rings is 1. The third-order valence-corrected chi connectivity index (χ3v) is 3.57. The molecule has 0 unspecified atom stereocenters. The predicted octanol–water partition coefficient (Wildman–Crippen LogP) is 0.979. The smallest absolute Gasteiger partial charge is 0.359 e. The van der Waals surface area contributed by atoms with Crippen LogP contribution in [0.4, 0.5) is 0 Å². The average Bonchev–Trinajstić information content (AvgIpc) is 2.72. The molecule has 1 saturated heterocycles. The molecule has 0 spiro atoms. The highest BCUT2D eigenvalue weighted by atomic mass is 16.6. The second-order valence-electron chi connectivity index (χ2n) is 5.47. The Labute approximate surface area is 138 Å². The number of ether oxygens (including phenoxy) is 3. The van der Waals surface area contributed by atoms with Gasteiger partial charge in [0.15, 0.2) is 6.10 Å². The number of cyclic esters (lactones) is 1. The number of carbonyl (C=O) groups excluding carboxylic acids is 4. The van der Waals surface area contributed by atoms with E-state index in [1.165, 1.54) is 6.92 Å². The van der Waals surface area contributed by atoms with Crippen LogP contribution < -0.4 is 0 Å². The molecule has 1 fully saturated rings. The fourth-order valence-corrected chi connectivity index (χ4v) is 2.55. The molecule has 1 aliphatic rings. The first-order valence-corrected chi connectivity index (χ1v) is 7.47. The summed E-state index contributed by atoms with van der Waals surface area (Å²) >= 11 is 0. The number of Topliss-reactive ketones (excluding diaryl/α,β-unsaturated/α-hetero) is 1. The molecule has 2 rings (SSSR count). The highest BCUT2D eigenvalue weighted by Crippen LogP contribution is 2.31. The van der Waals surface area contributed by atoms with Gasteiger partial charge in [-0.3, -0.25) is 14.4 Å². The number of hydrogen-bond donors (Lipinski definition) is 0. The van der Waals surface area contributed by atoms with Crippen molar-refractivity contribution >= 4 is 23.7 Å². The molecule has 0 radical (unpaired) electrons. The maximum atomic E-state index is 12.7. The summed E-state index contributed by atoms with van der Waals surface area (Å²) in [6.07, 6.45) is -1.20. The van der Waals surface area contributed by atoms with E-state index in [0.29, 0.717) is 5.56 Å². The van der Waals surface area contributed by atoms with E-state index in [2.05, 4.69) is 0 Å². The van der Waals surface area contributed by atoms with Gasteiger partial charge in [-0.15, -0.1) is 0 Å². The zero-order valence-electron chi connectivity index (χ0n) is 13.4. The molecule has 24 heavy (non-hydrogen) atoms. The zero-order valence-corrected chi connectivity index (χ0v) is 13.4. The highest BCUT2D eigenvalue weighted by molar-refractivity contribution is 6.15. The number of rotatable bonds is 6. The summed E-state index contributed by atoms with van der Waals surface area (Å²) in [6, 6.07) is 8.73. The average molecular weight is 334 g/mol. The van der Waals surface area contributed by atoms with Gasteiger partial charge in [0.05, 0.1) is 6.61 Å². The van der Waals surface area contributed by atoms with Crippen molar-refractivity contribution in [2.45, 2.75) is 38.4 Å². The predicted molar refractivity (Wildman–Crippen MR) is 80.8 cm³/mol. The van der Waals surface area contributed by atoms with Crippen molar-refractivity contribution in [3.05, 3.63) is 35.9 Å². The van der Waals surface area contributed by atoms with Gasteiger partial charge in [-0.2, -0.15) is 0 Å². The van der Waals surface area contributed by atoms with Crippen LogP contribution in [0.5, 0.6) is 0 Å². The molecule has 1 heterocycles.